The Kier molecular flexibility index (Phi) is 4.38. The van der Waals surface area contributed by atoms with Crippen LogP contribution in [0.4, 0.5) is 0 Å². The van der Waals surface area contributed by atoms with Crippen LogP contribution in [-0.4, -0.2) is 23.0 Å². The van der Waals surface area contributed by atoms with Crippen molar-refractivity contribution in [2.45, 2.75) is 0 Å². The van der Waals surface area contributed by atoms with Crippen LogP contribution in [0.15, 0.2) is 42.7 Å². The molecule has 0 spiro atoms. The highest BCUT2D eigenvalue weighted by Crippen LogP contribution is 2.26. The summed E-state index contributed by atoms with van der Waals surface area (Å²) in [7, 11) is 1.41. The highest BCUT2D eigenvalue weighted by Gasteiger charge is 2.15. The number of aromatic nitrogens is 1. The Morgan fingerprint density at radius 2 is 2.00 bits per heavy atom. The molecule has 0 saturated heterocycles. The number of allylic oxidation sites excluding steroid dienone is 1. The maximum absolute atomic E-state index is 12.1. The van der Waals surface area contributed by atoms with E-state index in [-0.39, 0.29) is 22.8 Å². The summed E-state index contributed by atoms with van der Waals surface area (Å²) in [4.78, 5) is 15.9. The smallest absolute Gasteiger partial charge is 0.193 e. The first-order chi connectivity index (χ1) is 9.61. The van der Waals surface area contributed by atoms with Crippen molar-refractivity contribution in [3.8, 4) is 11.5 Å². The molecular formula is C15H12ClNO3. The van der Waals surface area contributed by atoms with Crippen LogP contribution in [0.2, 0.25) is 5.02 Å². The van der Waals surface area contributed by atoms with E-state index in [0.717, 1.165) is 5.56 Å². The van der Waals surface area contributed by atoms with Gasteiger partial charge < -0.3 is 9.84 Å². The Labute approximate surface area is 121 Å². The molecular weight excluding hydrogens is 278 g/mol. The number of rotatable bonds is 4. The second kappa shape index (κ2) is 6.21. The van der Waals surface area contributed by atoms with Crippen LogP contribution in [0.1, 0.15) is 15.9 Å². The monoisotopic (exact) mass is 289 g/mol. The minimum atomic E-state index is -0.364. The van der Waals surface area contributed by atoms with Crippen molar-refractivity contribution < 1.29 is 14.6 Å². The van der Waals surface area contributed by atoms with Crippen LogP contribution in [0.3, 0.4) is 0 Å². The number of ketones is 1. The van der Waals surface area contributed by atoms with E-state index in [2.05, 4.69) is 4.98 Å². The van der Waals surface area contributed by atoms with Gasteiger partial charge >= 0.3 is 0 Å². The summed E-state index contributed by atoms with van der Waals surface area (Å²) in [6, 6.07) is 7.04. The van der Waals surface area contributed by atoms with E-state index >= 15 is 0 Å². The highest BCUT2D eigenvalue weighted by molar-refractivity contribution is 6.30. The lowest BCUT2D eigenvalue weighted by Gasteiger charge is -2.06. The molecule has 0 aliphatic rings. The summed E-state index contributed by atoms with van der Waals surface area (Å²) in [5.41, 5.74) is 0.919. The summed E-state index contributed by atoms with van der Waals surface area (Å²) in [5, 5.41) is 10.3. The standard InChI is InChI=1S/C15H12ClNO3/c1-20-14-9-17-8-13(19)15(14)12(18)7-4-10-2-5-11(16)6-3-10/h2-9,19H,1H3/b7-4+. The number of benzene rings is 1. The summed E-state index contributed by atoms with van der Waals surface area (Å²) < 4.78 is 5.02. The number of hydrogen-bond donors (Lipinski definition) is 1. The van der Waals surface area contributed by atoms with Gasteiger partial charge in [0.05, 0.1) is 19.5 Å². The lowest BCUT2D eigenvalue weighted by Crippen LogP contribution is -2.00. The van der Waals surface area contributed by atoms with Crippen LogP contribution in [0, 0.1) is 0 Å². The van der Waals surface area contributed by atoms with Gasteiger partial charge in [-0.15, -0.1) is 0 Å². The second-order valence-electron chi connectivity index (χ2n) is 3.99. The topological polar surface area (TPSA) is 59.4 Å². The fourth-order valence-corrected chi connectivity index (χ4v) is 1.79. The number of nitrogens with zero attached hydrogens (tertiary/aromatic N) is 1. The lowest BCUT2D eigenvalue weighted by atomic mass is 10.1. The number of ether oxygens (including phenoxy) is 1. The first kappa shape index (κ1) is 14.1. The van der Waals surface area contributed by atoms with Gasteiger partial charge in [0.2, 0.25) is 0 Å². The second-order valence-corrected chi connectivity index (χ2v) is 4.42. The molecule has 0 atom stereocenters. The Bertz CT molecular complexity index is 651. The molecule has 20 heavy (non-hydrogen) atoms. The van der Waals surface area contributed by atoms with Crippen molar-refractivity contribution in [3.63, 3.8) is 0 Å². The molecule has 0 fully saturated rings. The molecule has 102 valence electrons. The molecule has 0 amide bonds. The maximum atomic E-state index is 12.1. The Balaban J connectivity index is 2.26. The molecule has 5 heteroatoms. The fraction of sp³-hybridized carbons (Fsp3) is 0.0667. The number of hydrogen-bond acceptors (Lipinski definition) is 4. The van der Waals surface area contributed by atoms with Crippen LogP contribution in [-0.2, 0) is 0 Å². The molecule has 1 aromatic carbocycles. The van der Waals surface area contributed by atoms with Crippen molar-refractivity contribution in [3.05, 3.63) is 58.9 Å². The zero-order chi connectivity index (χ0) is 14.5. The number of pyridine rings is 1. The highest BCUT2D eigenvalue weighted by atomic mass is 35.5. The third-order valence-electron chi connectivity index (χ3n) is 2.65. The molecule has 4 nitrogen and oxygen atoms in total. The van der Waals surface area contributed by atoms with E-state index in [4.69, 9.17) is 16.3 Å². The fourth-order valence-electron chi connectivity index (χ4n) is 1.66. The molecule has 0 aliphatic heterocycles. The largest absolute Gasteiger partial charge is 0.505 e. The molecule has 2 rings (SSSR count). The molecule has 1 N–H and O–H groups in total. The summed E-state index contributed by atoms with van der Waals surface area (Å²) in [5.74, 6) is -0.345. The minimum Gasteiger partial charge on any atom is -0.505 e. The van der Waals surface area contributed by atoms with E-state index < -0.39 is 0 Å². The van der Waals surface area contributed by atoms with Crippen molar-refractivity contribution in [1.82, 2.24) is 4.98 Å². The molecule has 1 aromatic heterocycles. The molecule has 2 aromatic rings. The van der Waals surface area contributed by atoms with Crippen molar-refractivity contribution in [2.75, 3.05) is 7.11 Å². The van der Waals surface area contributed by atoms with Gasteiger partial charge in [-0.1, -0.05) is 29.8 Å². The molecule has 0 aliphatic carbocycles. The number of methoxy groups -OCH3 is 1. The number of halogens is 1. The first-order valence-electron chi connectivity index (χ1n) is 5.80. The van der Waals surface area contributed by atoms with Crippen molar-refractivity contribution in [1.29, 1.82) is 0 Å². The Hall–Kier alpha value is -2.33. The predicted molar refractivity (Wildman–Crippen MR) is 77.3 cm³/mol. The van der Waals surface area contributed by atoms with E-state index in [0.29, 0.717) is 5.02 Å². The molecule has 0 bridgehead atoms. The summed E-state index contributed by atoms with van der Waals surface area (Å²) >= 11 is 5.78. The zero-order valence-corrected chi connectivity index (χ0v) is 11.5. The molecule has 0 saturated carbocycles. The quantitative estimate of drug-likeness (QED) is 0.693. The van der Waals surface area contributed by atoms with E-state index in [1.165, 1.54) is 25.6 Å². The third kappa shape index (κ3) is 3.16. The zero-order valence-electron chi connectivity index (χ0n) is 10.7. The predicted octanol–water partition coefficient (Wildman–Crippen LogP) is 3.35. The number of carbonyl (C=O) groups is 1. The Morgan fingerprint density at radius 3 is 2.65 bits per heavy atom. The van der Waals surface area contributed by atoms with Gasteiger partial charge in [-0.2, -0.15) is 0 Å². The first-order valence-corrected chi connectivity index (χ1v) is 6.18. The molecule has 1 heterocycles. The van der Waals surface area contributed by atoms with Crippen LogP contribution in [0.5, 0.6) is 11.5 Å². The average molecular weight is 290 g/mol. The van der Waals surface area contributed by atoms with Gasteiger partial charge in [0.25, 0.3) is 0 Å². The SMILES string of the molecule is COc1cncc(O)c1C(=O)/C=C/c1ccc(Cl)cc1. The van der Waals surface area contributed by atoms with Gasteiger partial charge in [0.15, 0.2) is 11.5 Å². The van der Waals surface area contributed by atoms with Gasteiger partial charge in [0.1, 0.15) is 11.3 Å². The number of carbonyl (C=O) groups excluding carboxylic acids is 1. The van der Waals surface area contributed by atoms with Crippen molar-refractivity contribution >= 4 is 23.5 Å². The third-order valence-corrected chi connectivity index (χ3v) is 2.91. The van der Waals surface area contributed by atoms with Gasteiger partial charge in [-0.05, 0) is 23.8 Å². The van der Waals surface area contributed by atoms with Gasteiger partial charge in [-0.3, -0.25) is 9.78 Å². The lowest BCUT2D eigenvalue weighted by molar-refractivity contribution is 0.104. The van der Waals surface area contributed by atoms with E-state index in [1.807, 2.05) is 0 Å². The van der Waals surface area contributed by atoms with E-state index in [9.17, 15) is 9.90 Å². The van der Waals surface area contributed by atoms with Crippen LogP contribution < -0.4 is 4.74 Å². The maximum Gasteiger partial charge on any atom is 0.193 e. The minimum absolute atomic E-state index is 0.0905. The normalized spacial score (nSPS) is 10.7. The average Bonchev–Trinajstić information content (AvgIpc) is 2.46. The summed E-state index contributed by atoms with van der Waals surface area (Å²) in [6.07, 6.45) is 5.58. The van der Waals surface area contributed by atoms with Gasteiger partial charge in [-0.25, -0.2) is 0 Å². The van der Waals surface area contributed by atoms with Crippen LogP contribution >= 0.6 is 11.6 Å². The molecule has 0 unspecified atom stereocenters. The van der Waals surface area contributed by atoms with E-state index in [1.54, 1.807) is 30.3 Å². The summed E-state index contributed by atoms with van der Waals surface area (Å²) in [6.45, 7) is 0. The van der Waals surface area contributed by atoms with Crippen molar-refractivity contribution in [2.24, 2.45) is 0 Å². The van der Waals surface area contributed by atoms with Gasteiger partial charge in [0, 0.05) is 5.02 Å². The Morgan fingerprint density at radius 1 is 1.30 bits per heavy atom. The molecule has 0 radical (unpaired) electrons. The number of aromatic hydroxyl groups is 1. The van der Waals surface area contributed by atoms with Crippen LogP contribution in [0.25, 0.3) is 6.08 Å².